The lowest BCUT2D eigenvalue weighted by molar-refractivity contribution is 0.0491. The van der Waals surface area contributed by atoms with Gasteiger partial charge in [0, 0.05) is 0 Å². The van der Waals surface area contributed by atoms with Crippen molar-refractivity contribution in [3.63, 3.8) is 0 Å². The highest BCUT2D eigenvalue weighted by Gasteiger charge is 2.47. The van der Waals surface area contributed by atoms with Crippen molar-refractivity contribution in [3.05, 3.63) is 16.4 Å². The van der Waals surface area contributed by atoms with E-state index in [1.165, 1.54) is 0 Å². The Labute approximate surface area is 123 Å². The monoisotopic (exact) mass is 297 g/mol. The van der Waals surface area contributed by atoms with Gasteiger partial charge in [0.25, 0.3) is 0 Å². The van der Waals surface area contributed by atoms with Crippen molar-refractivity contribution in [2.45, 2.75) is 52.7 Å². The van der Waals surface area contributed by atoms with Gasteiger partial charge in [-0.15, -0.1) is 0 Å². The van der Waals surface area contributed by atoms with Crippen molar-refractivity contribution < 1.29 is 14.1 Å². The summed E-state index contributed by atoms with van der Waals surface area (Å²) in [6.07, 6.45) is 0.457. The largest absolute Gasteiger partial charge is 0.444 e. The smallest absolute Gasteiger partial charge is 0.438 e. The summed E-state index contributed by atoms with van der Waals surface area (Å²) in [5, 5.41) is 6.50. The van der Waals surface area contributed by atoms with E-state index in [9.17, 15) is 9.59 Å². The zero-order chi connectivity index (χ0) is 15.8. The molecule has 0 radical (unpaired) electrons. The highest BCUT2D eigenvalue weighted by atomic mass is 16.6. The molecule has 1 amide bonds. The molecule has 3 unspecified atom stereocenters. The van der Waals surface area contributed by atoms with Crippen LogP contribution in [-0.2, 0) is 4.74 Å². The average Bonchev–Trinajstić information content (AvgIpc) is 3.00. The summed E-state index contributed by atoms with van der Waals surface area (Å²) in [4.78, 5) is 25.6. The van der Waals surface area contributed by atoms with Crippen LogP contribution in [-0.4, -0.2) is 21.8 Å². The second-order valence-electron chi connectivity index (χ2n) is 6.91. The van der Waals surface area contributed by atoms with Gasteiger partial charge in [-0.2, -0.15) is 0 Å². The molecule has 1 saturated carbocycles. The van der Waals surface area contributed by atoms with Crippen molar-refractivity contribution in [1.82, 2.24) is 15.5 Å². The number of nitrogens with one attached hydrogen (secondary N) is 2. The Morgan fingerprint density at radius 3 is 2.52 bits per heavy atom. The third-order valence-electron chi connectivity index (χ3n) is 3.60. The fourth-order valence-electron chi connectivity index (χ4n) is 2.57. The van der Waals surface area contributed by atoms with Gasteiger partial charge in [-0.1, -0.05) is 19.0 Å². The molecule has 1 aliphatic carbocycles. The molecule has 21 heavy (non-hydrogen) atoms. The van der Waals surface area contributed by atoms with Crippen LogP contribution in [0.4, 0.5) is 4.79 Å². The van der Waals surface area contributed by atoms with E-state index in [1.807, 2.05) is 0 Å². The zero-order valence-corrected chi connectivity index (χ0v) is 13.1. The first-order chi connectivity index (χ1) is 9.67. The average molecular weight is 297 g/mol. The molecule has 1 aromatic heterocycles. The summed E-state index contributed by atoms with van der Waals surface area (Å²) >= 11 is 0. The number of hydrogen-bond donors (Lipinski definition) is 2. The molecule has 1 aromatic rings. The maximum atomic E-state index is 12.0. The van der Waals surface area contributed by atoms with Crippen LogP contribution in [0.5, 0.6) is 0 Å². The van der Waals surface area contributed by atoms with Crippen molar-refractivity contribution in [1.29, 1.82) is 0 Å². The quantitative estimate of drug-likeness (QED) is 0.888. The van der Waals surface area contributed by atoms with Crippen molar-refractivity contribution in [3.8, 4) is 0 Å². The van der Waals surface area contributed by atoms with Gasteiger partial charge in [0.2, 0.25) is 0 Å². The first kappa shape index (κ1) is 15.6. The van der Waals surface area contributed by atoms with E-state index < -0.39 is 23.5 Å². The molecule has 0 saturated heterocycles. The Bertz CT molecular complexity index is 555. The van der Waals surface area contributed by atoms with Crippen molar-refractivity contribution >= 4 is 6.09 Å². The molecule has 2 rings (SSSR count). The fourth-order valence-corrected chi connectivity index (χ4v) is 2.57. The number of hydrogen-bond acceptors (Lipinski definition) is 5. The minimum absolute atomic E-state index is 0.235. The molecule has 1 fully saturated rings. The number of ether oxygens (including phenoxy) is 1. The van der Waals surface area contributed by atoms with Crippen molar-refractivity contribution in [2.24, 2.45) is 17.8 Å². The number of aromatic amines is 1. The number of carbonyl (C=O) groups is 1. The van der Waals surface area contributed by atoms with E-state index in [1.54, 1.807) is 20.8 Å². The van der Waals surface area contributed by atoms with Crippen LogP contribution in [0.1, 0.15) is 52.9 Å². The van der Waals surface area contributed by atoms with Gasteiger partial charge in [-0.3, -0.25) is 9.51 Å². The molecule has 1 heterocycles. The predicted octanol–water partition coefficient (Wildman–Crippen LogP) is 2.22. The van der Waals surface area contributed by atoms with Crippen LogP contribution in [0.25, 0.3) is 0 Å². The number of aromatic nitrogens is 2. The molecule has 118 valence electrons. The SMILES string of the molecule is CC(C)C1CC1C(NC(=O)OC(C)(C)C)c1noc(=O)[nH]1. The van der Waals surface area contributed by atoms with Gasteiger partial charge in [0.15, 0.2) is 5.82 Å². The lowest BCUT2D eigenvalue weighted by Gasteiger charge is -2.23. The Kier molecular flexibility index (Phi) is 4.11. The number of amides is 1. The van der Waals surface area contributed by atoms with Gasteiger partial charge in [-0.25, -0.2) is 9.59 Å². The minimum atomic E-state index is -0.622. The minimum Gasteiger partial charge on any atom is -0.444 e. The van der Waals surface area contributed by atoms with E-state index in [-0.39, 0.29) is 5.92 Å². The molecule has 0 aromatic carbocycles. The van der Waals surface area contributed by atoms with E-state index in [4.69, 9.17) is 4.74 Å². The van der Waals surface area contributed by atoms with Gasteiger partial charge < -0.3 is 10.1 Å². The van der Waals surface area contributed by atoms with Gasteiger partial charge in [-0.05, 0) is 44.9 Å². The molecular formula is C14H23N3O4. The summed E-state index contributed by atoms with van der Waals surface area (Å²) < 4.78 is 9.82. The number of carbonyl (C=O) groups excluding carboxylic acids is 1. The number of rotatable bonds is 4. The van der Waals surface area contributed by atoms with E-state index in [0.717, 1.165) is 6.42 Å². The highest BCUT2D eigenvalue weighted by molar-refractivity contribution is 5.68. The first-order valence-electron chi connectivity index (χ1n) is 7.23. The second kappa shape index (κ2) is 5.54. The molecule has 1 aliphatic rings. The number of alkyl carbamates (subject to hydrolysis) is 1. The second-order valence-corrected chi connectivity index (χ2v) is 6.91. The predicted molar refractivity (Wildman–Crippen MR) is 75.7 cm³/mol. The van der Waals surface area contributed by atoms with E-state index in [0.29, 0.717) is 17.7 Å². The van der Waals surface area contributed by atoms with Gasteiger partial charge in [0.1, 0.15) is 5.60 Å². The van der Waals surface area contributed by atoms with Crippen LogP contribution >= 0.6 is 0 Å². The Balaban J connectivity index is 2.10. The maximum Gasteiger partial charge on any atom is 0.438 e. The summed E-state index contributed by atoms with van der Waals surface area (Å²) in [6, 6.07) is -0.390. The molecule has 0 spiro atoms. The standard InChI is InChI=1S/C14H23N3O4/c1-7(2)8-6-9(8)10(11-16-13(19)21-17-11)15-12(18)20-14(3,4)5/h7-10H,6H2,1-5H3,(H,15,18)(H,16,17,19). The van der Waals surface area contributed by atoms with Crippen LogP contribution < -0.4 is 11.1 Å². The molecule has 0 bridgehead atoms. The highest BCUT2D eigenvalue weighted by Crippen LogP contribution is 2.50. The Hall–Kier alpha value is -1.79. The van der Waals surface area contributed by atoms with Crippen LogP contribution in [0.3, 0.4) is 0 Å². The zero-order valence-electron chi connectivity index (χ0n) is 13.1. The van der Waals surface area contributed by atoms with Crippen LogP contribution in [0.2, 0.25) is 0 Å². The third-order valence-corrected chi connectivity index (χ3v) is 3.60. The van der Waals surface area contributed by atoms with Crippen LogP contribution in [0, 0.1) is 17.8 Å². The molecule has 7 nitrogen and oxygen atoms in total. The van der Waals surface area contributed by atoms with E-state index >= 15 is 0 Å². The molecule has 7 heteroatoms. The summed E-state index contributed by atoms with van der Waals surface area (Å²) in [5.74, 6) is 0.960. The lowest BCUT2D eigenvalue weighted by Crippen LogP contribution is -2.36. The summed E-state index contributed by atoms with van der Waals surface area (Å²) in [7, 11) is 0. The fraction of sp³-hybridized carbons (Fsp3) is 0.786. The first-order valence-corrected chi connectivity index (χ1v) is 7.23. The molecule has 2 N–H and O–H groups in total. The van der Waals surface area contributed by atoms with Crippen LogP contribution in [0.15, 0.2) is 9.32 Å². The maximum absolute atomic E-state index is 12.0. The molecule has 0 aliphatic heterocycles. The molecule has 3 atom stereocenters. The summed E-state index contributed by atoms with van der Waals surface area (Å²) in [5.41, 5.74) is -0.577. The van der Waals surface area contributed by atoms with E-state index in [2.05, 4.69) is 33.8 Å². The van der Waals surface area contributed by atoms with Gasteiger partial charge in [0.05, 0.1) is 6.04 Å². The normalized spacial score (nSPS) is 23.0. The van der Waals surface area contributed by atoms with Crippen molar-refractivity contribution in [2.75, 3.05) is 0 Å². The topological polar surface area (TPSA) is 97.2 Å². The lowest BCUT2D eigenvalue weighted by atomic mass is 10.0. The third kappa shape index (κ3) is 4.09. The molecular weight excluding hydrogens is 274 g/mol. The van der Waals surface area contributed by atoms with Gasteiger partial charge >= 0.3 is 11.8 Å². The Morgan fingerprint density at radius 2 is 2.10 bits per heavy atom. The number of nitrogens with zero attached hydrogens (tertiary/aromatic N) is 1. The summed E-state index contributed by atoms with van der Waals surface area (Å²) in [6.45, 7) is 9.68. The Morgan fingerprint density at radius 1 is 1.43 bits per heavy atom. The number of H-pyrrole nitrogens is 1.